The van der Waals surface area contributed by atoms with Crippen molar-refractivity contribution in [2.75, 3.05) is 26.2 Å². The molecule has 0 saturated carbocycles. The first kappa shape index (κ1) is 36.2. The van der Waals surface area contributed by atoms with Crippen LogP contribution in [0.15, 0.2) is 109 Å². The molecule has 1 amide bonds. The van der Waals surface area contributed by atoms with E-state index in [0.29, 0.717) is 19.5 Å². The summed E-state index contributed by atoms with van der Waals surface area (Å²) in [6, 6.07) is 24.3. The number of piperidine rings is 2. The number of aromatic nitrogens is 3. The summed E-state index contributed by atoms with van der Waals surface area (Å²) in [6.07, 6.45) is 14.8. The van der Waals surface area contributed by atoms with E-state index in [0.717, 1.165) is 90.5 Å². The molecule has 0 atom stereocenters. The number of fused-ring (bicyclic) bond motifs is 4. The zero-order valence-corrected chi connectivity index (χ0v) is 31.8. The molecular weight excluding hydrogens is 713 g/mol. The molecule has 274 valence electrons. The fourth-order valence-electron chi connectivity index (χ4n) is 8.37. The molecule has 9 heteroatoms. The molecule has 0 bridgehead atoms. The average Bonchev–Trinajstić information content (AvgIpc) is 3.47. The molecule has 7 nitrogen and oxygen atoms in total. The van der Waals surface area contributed by atoms with Crippen molar-refractivity contribution in [2.24, 2.45) is 0 Å². The minimum absolute atomic E-state index is 0.101. The van der Waals surface area contributed by atoms with Gasteiger partial charge in [-0.3, -0.25) is 14.8 Å². The third-order valence-electron chi connectivity index (χ3n) is 11.1. The Bertz CT molecular complexity index is 2250. The second-order valence-electron chi connectivity index (χ2n) is 14.5. The fourth-order valence-corrected chi connectivity index (χ4v) is 8.76. The molecule has 2 aliphatic carbocycles. The molecule has 2 aliphatic heterocycles. The van der Waals surface area contributed by atoms with Gasteiger partial charge >= 0.3 is 0 Å². The number of hydrogen-bond donors (Lipinski definition) is 1. The van der Waals surface area contributed by atoms with Crippen molar-refractivity contribution in [2.45, 2.75) is 57.8 Å². The zero-order chi connectivity index (χ0) is 37.0. The van der Waals surface area contributed by atoms with E-state index in [2.05, 4.69) is 41.7 Å². The smallest absolute Gasteiger partial charge is 0.227 e. The molecule has 1 N–H and O–H groups in total. The van der Waals surface area contributed by atoms with Crippen LogP contribution in [0.25, 0.3) is 11.1 Å². The van der Waals surface area contributed by atoms with Crippen molar-refractivity contribution in [1.82, 2.24) is 20.2 Å². The van der Waals surface area contributed by atoms with E-state index in [1.165, 1.54) is 73.8 Å². The van der Waals surface area contributed by atoms with E-state index in [4.69, 9.17) is 33.2 Å². The van der Waals surface area contributed by atoms with Crippen LogP contribution in [-0.2, 0) is 36.9 Å². The van der Waals surface area contributed by atoms with Gasteiger partial charge in [0, 0.05) is 58.8 Å². The van der Waals surface area contributed by atoms with Gasteiger partial charge < -0.3 is 15.4 Å². The summed E-state index contributed by atoms with van der Waals surface area (Å²) in [6.45, 7) is 3.50. The van der Waals surface area contributed by atoms with Crippen molar-refractivity contribution in [3.8, 4) is 0 Å². The van der Waals surface area contributed by atoms with Gasteiger partial charge in [0.15, 0.2) is 12.4 Å². The Morgan fingerprint density at radius 3 is 1.70 bits per heavy atom. The van der Waals surface area contributed by atoms with Gasteiger partial charge in [0.25, 0.3) is 0 Å². The van der Waals surface area contributed by atoms with Gasteiger partial charge in [0.05, 0.1) is 17.8 Å². The number of hydrogen-bond acceptors (Lipinski definition) is 5. The summed E-state index contributed by atoms with van der Waals surface area (Å²) in [5.74, 6) is 0.101. The molecule has 2 aromatic carbocycles. The van der Waals surface area contributed by atoms with E-state index in [1.807, 2.05) is 41.6 Å². The van der Waals surface area contributed by atoms with Gasteiger partial charge in [0.2, 0.25) is 5.91 Å². The molecule has 0 unspecified atom stereocenters. The first-order chi connectivity index (χ1) is 26.4. The molecule has 2 saturated heterocycles. The van der Waals surface area contributed by atoms with Crippen LogP contribution in [0.3, 0.4) is 0 Å². The van der Waals surface area contributed by atoms with Crippen LogP contribution in [0.2, 0.25) is 10.0 Å². The zero-order valence-electron chi connectivity index (χ0n) is 30.3. The number of amides is 1. The van der Waals surface area contributed by atoms with Crippen LogP contribution in [0.5, 0.6) is 0 Å². The van der Waals surface area contributed by atoms with E-state index < -0.39 is 0 Å². The van der Waals surface area contributed by atoms with Crippen LogP contribution < -0.4 is 10.0 Å². The monoisotopic (exact) mass is 755 g/mol. The molecule has 5 heterocycles. The van der Waals surface area contributed by atoms with Crippen LogP contribution in [0.1, 0.15) is 76.0 Å². The van der Waals surface area contributed by atoms with Crippen LogP contribution >= 0.6 is 23.2 Å². The Morgan fingerprint density at radius 1 is 0.667 bits per heavy atom. The Balaban J connectivity index is 0.000000164. The summed E-state index contributed by atoms with van der Waals surface area (Å²) in [5, 5.41) is 16.3. The topological polar surface area (TPSA) is 85.1 Å². The van der Waals surface area contributed by atoms with E-state index in [9.17, 15) is 10.0 Å². The number of pyridine rings is 3. The summed E-state index contributed by atoms with van der Waals surface area (Å²) >= 11 is 12.5. The van der Waals surface area contributed by atoms with Gasteiger partial charge in [-0.2, -0.15) is 4.73 Å². The molecule has 3 aromatic heterocycles. The third kappa shape index (κ3) is 7.85. The van der Waals surface area contributed by atoms with Gasteiger partial charge in [-0.1, -0.05) is 58.6 Å². The SMILES string of the molecule is Clc1ccc2c(c1)CCc1cccnc1C2=C1CCNCC1.O=C(Cc1cc[n+]([O-])cc1)N1CCC(=C2c3ccc(Cl)cc3CCc3cccnc32)CC1. The van der Waals surface area contributed by atoms with Crippen molar-refractivity contribution in [3.63, 3.8) is 0 Å². The molecule has 9 rings (SSSR count). The highest BCUT2D eigenvalue weighted by Crippen LogP contribution is 2.39. The first-order valence-corrected chi connectivity index (χ1v) is 19.7. The Hall–Kier alpha value is -4.82. The predicted molar refractivity (Wildman–Crippen MR) is 215 cm³/mol. The summed E-state index contributed by atoms with van der Waals surface area (Å²) in [4.78, 5) is 24.3. The lowest BCUT2D eigenvalue weighted by Crippen LogP contribution is -2.37. The lowest BCUT2D eigenvalue weighted by molar-refractivity contribution is -0.605. The van der Waals surface area contributed by atoms with Gasteiger partial charge in [0.1, 0.15) is 0 Å². The quantitative estimate of drug-likeness (QED) is 0.145. The molecule has 0 spiro atoms. The maximum Gasteiger partial charge on any atom is 0.227 e. The minimum Gasteiger partial charge on any atom is -0.619 e. The van der Waals surface area contributed by atoms with Crippen molar-refractivity contribution in [1.29, 1.82) is 0 Å². The minimum atomic E-state index is 0.101. The predicted octanol–water partition coefficient (Wildman–Crippen LogP) is 8.15. The Kier molecular flexibility index (Phi) is 10.9. The number of rotatable bonds is 2. The molecule has 4 aliphatic rings. The number of carbonyl (C=O) groups excluding carboxylic acids is 1. The number of likely N-dealkylation sites (tertiary alicyclic amines) is 1. The second-order valence-corrected chi connectivity index (χ2v) is 15.3. The summed E-state index contributed by atoms with van der Waals surface area (Å²) in [5.41, 5.74) is 16.4. The highest BCUT2D eigenvalue weighted by atomic mass is 35.5. The number of benzene rings is 2. The average molecular weight is 757 g/mol. The standard InChI is InChI=1S/C26H24ClN3O2.C19H19ClN2/c27-22-5-6-23-21(17-22)4-3-20-2-1-11-28-26(20)25(23)19-9-12-29(13-10-19)24(31)16-18-7-14-30(32)15-8-18;20-16-5-6-17-15(12-16)4-3-14-2-1-9-22-19(14)18(17)13-7-10-21-11-8-13/h1-2,5-8,11,14-15,17H,3-4,9-10,12-13,16H2;1-2,5-6,9,12,21H,3-4,7-8,10-11H2. The molecule has 2 fully saturated rings. The number of aryl methyl sites for hydroxylation is 4. The van der Waals surface area contributed by atoms with Gasteiger partial charge in [-0.15, -0.1) is 0 Å². The first-order valence-electron chi connectivity index (χ1n) is 19.0. The molecule has 0 radical (unpaired) electrons. The summed E-state index contributed by atoms with van der Waals surface area (Å²) in [7, 11) is 0. The van der Waals surface area contributed by atoms with E-state index in [1.54, 1.807) is 12.1 Å². The Morgan fingerprint density at radius 2 is 1.17 bits per heavy atom. The molecule has 54 heavy (non-hydrogen) atoms. The number of nitrogens with zero attached hydrogens (tertiary/aromatic N) is 4. The third-order valence-corrected chi connectivity index (χ3v) is 11.6. The largest absolute Gasteiger partial charge is 0.619 e. The lowest BCUT2D eigenvalue weighted by Gasteiger charge is -2.30. The van der Waals surface area contributed by atoms with Gasteiger partial charge in [-0.05, 0) is 140 Å². The maximum atomic E-state index is 12.8. The normalized spacial score (nSPS) is 16.5. The van der Waals surface area contributed by atoms with Gasteiger partial charge in [-0.25, -0.2) is 0 Å². The van der Waals surface area contributed by atoms with Crippen LogP contribution in [-0.4, -0.2) is 47.0 Å². The van der Waals surface area contributed by atoms with Crippen molar-refractivity contribution >= 4 is 40.3 Å². The van der Waals surface area contributed by atoms with E-state index in [-0.39, 0.29) is 5.91 Å². The van der Waals surface area contributed by atoms with Crippen LogP contribution in [0, 0.1) is 5.21 Å². The van der Waals surface area contributed by atoms with Crippen LogP contribution in [0.4, 0.5) is 0 Å². The highest BCUT2D eigenvalue weighted by molar-refractivity contribution is 6.31. The lowest BCUT2D eigenvalue weighted by atomic mass is 9.88. The highest BCUT2D eigenvalue weighted by Gasteiger charge is 2.27. The Labute approximate surface area is 327 Å². The maximum absolute atomic E-state index is 12.8. The number of halogens is 2. The second kappa shape index (κ2) is 16.3. The summed E-state index contributed by atoms with van der Waals surface area (Å²) < 4.78 is 0.733. The van der Waals surface area contributed by atoms with Crippen molar-refractivity contribution in [3.05, 3.63) is 174 Å². The number of nitrogens with one attached hydrogen (secondary N) is 1. The van der Waals surface area contributed by atoms with E-state index >= 15 is 0 Å². The molecular formula is C45H43Cl2N5O2. The number of carbonyl (C=O) groups is 1. The van der Waals surface area contributed by atoms with Crippen molar-refractivity contribution < 1.29 is 9.52 Å². The molecule has 5 aromatic rings. The fraction of sp³-hybridized carbons (Fsp3) is 0.289.